The highest BCUT2D eigenvalue weighted by Crippen LogP contribution is 2.17. The third-order valence-corrected chi connectivity index (χ3v) is 2.10. The lowest BCUT2D eigenvalue weighted by molar-refractivity contribution is 0.806. The van der Waals surface area contributed by atoms with E-state index in [2.05, 4.69) is 29.1 Å². The van der Waals surface area contributed by atoms with Crippen molar-refractivity contribution < 1.29 is 0 Å². The van der Waals surface area contributed by atoms with E-state index in [9.17, 15) is 0 Å². The van der Waals surface area contributed by atoms with Gasteiger partial charge >= 0.3 is 0 Å². The number of azide groups is 1. The van der Waals surface area contributed by atoms with Crippen LogP contribution >= 0.6 is 0 Å². The summed E-state index contributed by atoms with van der Waals surface area (Å²) >= 11 is 0. The molecule has 0 aliphatic heterocycles. The average molecular weight is 175 g/mol. The molecule has 1 aromatic carbocycles. The maximum atomic E-state index is 8.26. The normalized spacial score (nSPS) is 11.8. The first-order valence-electron chi connectivity index (χ1n) is 4.41. The summed E-state index contributed by atoms with van der Waals surface area (Å²) in [4.78, 5) is 2.78. The van der Waals surface area contributed by atoms with Gasteiger partial charge in [-0.15, -0.1) is 0 Å². The van der Waals surface area contributed by atoms with Crippen LogP contribution in [0.3, 0.4) is 0 Å². The average Bonchev–Trinajstić information content (AvgIpc) is 2.18. The molecule has 0 radical (unpaired) electrons. The summed E-state index contributed by atoms with van der Waals surface area (Å²) in [6.07, 6.45) is 1.04. The number of rotatable bonds is 3. The Morgan fingerprint density at radius 3 is 2.46 bits per heavy atom. The standard InChI is InChI=1S/C10H13N3/c1-3-9-4-6-10(7-5-9)8(2)12-13-11/h4-8H,3H2,1-2H3. The topological polar surface area (TPSA) is 48.8 Å². The fourth-order valence-electron chi connectivity index (χ4n) is 1.18. The van der Waals surface area contributed by atoms with Gasteiger partial charge in [0.15, 0.2) is 0 Å². The molecule has 68 valence electrons. The van der Waals surface area contributed by atoms with Crippen LogP contribution in [0, 0.1) is 0 Å². The van der Waals surface area contributed by atoms with Crippen LogP contribution in [0.5, 0.6) is 0 Å². The smallest absolute Gasteiger partial charge is 0.0597 e. The number of hydrogen-bond acceptors (Lipinski definition) is 1. The predicted octanol–water partition coefficient (Wildman–Crippen LogP) is 3.62. The molecule has 0 aromatic heterocycles. The quantitative estimate of drug-likeness (QED) is 0.382. The van der Waals surface area contributed by atoms with Crippen molar-refractivity contribution in [3.63, 3.8) is 0 Å². The van der Waals surface area contributed by atoms with E-state index < -0.39 is 0 Å². The molecular weight excluding hydrogens is 162 g/mol. The second-order valence-electron chi connectivity index (χ2n) is 2.98. The van der Waals surface area contributed by atoms with Crippen molar-refractivity contribution in [1.29, 1.82) is 0 Å². The van der Waals surface area contributed by atoms with E-state index in [1.807, 2.05) is 19.1 Å². The molecule has 0 saturated carbocycles. The van der Waals surface area contributed by atoms with Crippen molar-refractivity contribution in [2.45, 2.75) is 26.3 Å². The van der Waals surface area contributed by atoms with Crippen LogP contribution in [-0.4, -0.2) is 0 Å². The van der Waals surface area contributed by atoms with Crippen molar-refractivity contribution in [2.75, 3.05) is 0 Å². The van der Waals surface area contributed by atoms with Gasteiger partial charge in [0.25, 0.3) is 0 Å². The lowest BCUT2D eigenvalue weighted by atomic mass is 10.1. The number of aryl methyl sites for hydroxylation is 1. The first-order valence-corrected chi connectivity index (χ1v) is 4.41. The van der Waals surface area contributed by atoms with E-state index in [0.717, 1.165) is 12.0 Å². The largest absolute Gasteiger partial charge is 0.0862 e. The van der Waals surface area contributed by atoms with Crippen molar-refractivity contribution >= 4 is 0 Å². The third kappa shape index (κ3) is 2.49. The molecule has 0 heterocycles. The van der Waals surface area contributed by atoms with Gasteiger partial charge in [-0.3, -0.25) is 0 Å². The van der Waals surface area contributed by atoms with E-state index in [1.54, 1.807) is 0 Å². The SMILES string of the molecule is CCc1ccc(C(C)N=[N+]=[N-])cc1. The highest BCUT2D eigenvalue weighted by Gasteiger charge is 2.00. The fraction of sp³-hybridized carbons (Fsp3) is 0.400. The molecule has 0 amide bonds. The second-order valence-corrected chi connectivity index (χ2v) is 2.98. The molecule has 1 rings (SSSR count). The van der Waals surface area contributed by atoms with Crippen molar-refractivity contribution in [1.82, 2.24) is 0 Å². The van der Waals surface area contributed by atoms with Crippen LogP contribution in [0.4, 0.5) is 0 Å². The molecule has 1 unspecified atom stereocenters. The Labute approximate surface area is 78.0 Å². The summed E-state index contributed by atoms with van der Waals surface area (Å²) in [7, 11) is 0. The van der Waals surface area contributed by atoms with Gasteiger partial charge < -0.3 is 0 Å². The Hall–Kier alpha value is -1.47. The Kier molecular flexibility index (Phi) is 3.35. The van der Waals surface area contributed by atoms with Crippen LogP contribution in [0.1, 0.15) is 31.0 Å². The molecule has 13 heavy (non-hydrogen) atoms. The van der Waals surface area contributed by atoms with Gasteiger partial charge in [-0.05, 0) is 23.1 Å². The molecule has 0 bridgehead atoms. The summed E-state index contributed by atoms with van der Waals surface area (Å²) in [6, 6.07) is 8.09. The van der Waals surface area contributed by atoms with E-state index in [1.165, 1.54) is 5.56 Å². The molecule has 1 aromatic rings. The molecule has 0 aliphatic carbocycles. The number of benzene rings is 1. The first kappa shape index (κ1) is 9.62. The Bertz CT molecular complexity index is 309. The zero-order valence-electron chi connectivity index (χ0n) is 7.94. The van der Waals surface area contributed by atoms with Crippen LogP contribution in [0.25, 0.3) is 10.4 Å². The molecule has 0 spiro atoms. The Morgan fingerprint density at radius 1 is 1.38 bits per heavy atom. The minimum atomic E-state index is -0.0732. The molecule has 3 nitrogen and oxygen atoms in total. The minimum Gasteiger partial charge on any atom is -0.0862 e. The molecule has 0 N–H and O–H groups in total. The lowest BCUT2D eigenvalue weighted by Crippen LogP contribution is -1.88. The maximum absolute atomic E-state index is 8.26. The first-order chi connectivity index (χ1) is 6.27. The third-order valence-electron chi connectivity index (χ3n) is 2.10. The lowest BCUT2D eigenvalue weighted by Gasteiger charge is -2.04. The van der Waals surface area contributed by atoms with Crippen LogP contribution < -0.4 is 0 Å². The summed E-state index contributed by atoms with van der Waals surface area (Å²) in [5.41, 5.74) is 10.6. The Morgan fingerprint density at radius 2 is 2.00 bits per heavy atom. The zero-order chi connectivity index (χ0) is 9.68. The maximum Gasteiger partial charge on any atom is 0.0597 e. The van der Waals surface area contributed by atoms with Gasteiger partial charge in [0, 0.05) is 4.91 Å². The van der Waals surface area contributed by atoms with Crippen molar-refractivity contribution in [3.05, 3.63) is 45.8 Å². The number of nitrogens with zero attached hydrogens (tertiary/aromatic N) is 3. The summed E-state index contributed by atoms with van der Waals surface area (Å²) < 4.78 is 0. The highest BCUT2D eigenvalue weighted by molar-refractivity contribution is 5.24. The zero-order valence-corrected chi connectivity index (χ0v) is 7.94. The summed E-state index contributed by atoms with van der Waals surface area (Å²) in [6.45, 7) is 4.01. The minimum absolute atomic E-state index is 0.0732. The van der Waals surface area contributed by atoms with Gasteiger partial charge in [-0.2, -0.15) is 0 Å². The Balaban J connectivity index is 2.85. The fourth-order valence-corrected chi connectivity index (χ4v) is 1.18. The monoisotopic (exact) mass is 175 g/mol. The van der Waals surface area contributed by atoms with Crippen LogP contribution in [-0.2, 0) is 6.42 Å². The van der Waals surface area contributed by atoms with Gasteiger partial charge in [-0.25, -0.2) is 0 Å². The van der Waals surface area contributed by atoms with E-state index >= 15 is 0 Å². The molecule has 0 aliphatic rings. The highest BCUT2D eigenvalue weighted by atomic mass is 15.1. The molecular formula is C10H13N3. The predicted molar refractivity (Wildman–Crippen MR) is 53.4 cm³/mol. The molecule has 0 fully saturated rings. The van der Waals surface area contributed by atoms with E-state index in [0.29, 0.717) is 0 Å². The van der Waals surface area contributed by atoms with Crippen molar-refractivity contribution in [2.24, 2.45) is 5.11 Å². The van der Waals surface area contributed by atoms with E-state index in [-0.39, 0.29) is 6.04 Å². The van der Waals surface area contributed by atoms with Gasteiger partial charge in [0.2, 0.25) is 0 Å². The molecule has 0 saturated heterocycles. The summed E-state index contributed by atoms with van der Waals surface area (Å²) in [5.74, 6) is 0. The molecule has 3 heteroatoms. The van der Waals surface area contributed by atoms with Gasteiger partial charge in [0.1, 0.15) is 0 Å². The van der Waals surface area contributed by atoms with Crippen molar-refractivity contribution in [3.8, 4) is 0 Å². The van der Waals surface area contributed by atoms with E-state index in [4.69, 9.17) is 5.53 Å². The van der Waals surface area contributed by atoms with Gasteiger partial charge in [0.05, 0.1) is 6.04 Å². The van der Waals surface area contributed by atoms with Crippen LogP contribution in [0.15, 0.2) is 29.4 Å². The number of hydrogen-bond donors (Lipinski definition) is 0. The van der Waals surface area contributed by atoms with Crippen LogP contribution in [0.2, 0.25) is 0 Å². The second kappa shape index (κ2) is 4.53. The van der Waals surface area contributed by atoms with Gasteiger partial charge in [-0.1, -0.05) is 43.2 Å². The molecule has 1 atom stereocenters. The summed E-state index contributed by atoms with van der Waals surface area (Å²) in [5, 5.41) is 3.63.